The quantitative estimate of drug-likeness (QED) is 0.673. The van der Waals surface area contributed by atoms with Gasteiger partial charge in [0.2, 0.25) is 0 Å². The number of para-hydroxylation sites is 1. The number of rotatable bonds is 4. The van der Waals surface area contributed by atoms with Crippen molar-refractivity contribution < 1.29 is 9.21 Å². The van der Waals surface area contributed by atoms with E-state index in [1.165, 1.54) is 0 Å². The number of Topliss-reactive ketones (excluding diaryl/α,β-unsaturated/α-hetero) is 1. The van der Waals surface area contributed by atoms with E-state index in [1.807, 2.05) is 43.3 Å². The Morgan fingerprint density at radius 2 is 2.00 bits per heavy atom. The van der Waals surface area contributed by atoms with Gasteiger partial charge in [-0.25, -0.2) is 0 Å². The van der Waals surface area contributed by atoms with Crippen molar-refractivity contribution in [3.8, 4) is 0 Å². The van der Waals surface area contributed by atoms with Crippen LogP contribution in [0.25, 0.3) is 10.9 Å². The fraction of sp³-hybridized carbons (Fsp3) is 0.176. The van der Waals surface area contributed by atoms with E-state index < -0.39 is 0 Å². The SMILES string of the molecule is CCc1occc1C(=O)Cc1ccc2ccccc2n1. The van der Waals surface area contributed by atoms with Crippen molar-refractivity contribution in [2.24, 2.45) is 0 Å². The molecule has 0 saturated heterocycles. The Bertz CT molecular complexity index is 758. The second-order valence-electron chi connectivity index (χ2n) is 4.71. The average molecular weight is 265 g/mol. The molecule has 0 atom stereocenters. The van der Waals surface area contributed by atoms with Crippen LogP contribution < -0.4 is 0 Å². The van der Waals surface area contributed by atoms with Crippen molar-refractivity contribution >= 4 is 16.7 Å². The molecule has 20 heavy (non-hydrogen) atoms. The summed E-state index contributed by atoms with van der Waals surface area (Å²) in [5.74, 6) is 0.800. The lowest BCUT2D eigenvalue weighted by Crippen LogP contribution is -2.06. The number of pyridine rings is 1. The van der Waals surface area contributed by atoms with Crippen molar-refractivity contribution in [3.05, 3.63) is 65.7 Å². The van der Waals surface area contributed by atoms with Gasteiger partial charge in [0.1, 0.15) is 5.76 Å². The fourth-order valence-electron chi connectivity index (χ4n) is 2.33. The molecule has 100 valence electrons. The maximum absolute atomic E-state index is 12.3. The second-order valence-corrected chi connectivity index (χ2v) is 4.71. The lowest BCUT2D eigenvalue weighted by molar-refractivity contribution is 0.0990. The normalized spacial score (nSPS) is 10.8. The molecule has 0 aliphatic heterocycles. The van der Waals surface area contributed by atoms with Crippen LogP contribution in [0.3, 0.4) is 0 Å². The molecule has 0 spiro atoms. The minimum atomic E-state index is 0.0541. The topological polar surface area (TPSA) is 43.1 Å². The maximum Gasteiger partial charge on any atom is 0.172 e. The van der Waals surface area contributed by atoms with Crippen LogP contribution >= 0.6 is 0 Å². The van der Waals surface area contributed by atoms with Crippen LogP contribution in [0.1, 0.15) is 28.7 Å². The van der Waals surface area contributed by atoms with Gasteiger partial charge in [0.25, 0.3) is 0 Å². The highest BCUT2D eigenvalue weighted by Crippen LogP contribution is 2.16. The van der Waals surface area contributed by atoms with Crippen molar-refractivity contribution in [2.75, 3.05) is 0 Å². The zero-order chi connectivity index (χ0) is 13.9. The van der Waals surface area contributed by atoms with Crippen molar-refractivity contribution in [3.63, 3.8) is 0 Å². The number of fused-ring (bicyclic) bond motifs is 1. The number of nitrogens with zero attached hydrogens (tertiary/aromatic N) is 1. The molecule has 3 nitrogen and oxygen atoms in total. The molecule has 0 N–H and O–H groups in total. The number of aromatic nitrogens is 1. The third kappa shape index (κ3) is 2.35. The molecule has 2 heterocycles. The summed E-state index contributed by atoms with van der Waals surface area (Å²) in [6.07, 6.45) is 2.59. The van der Waals surface area contributed by atoms with Crippen LogP contribution in [0.15, 0.2) is 53.1 Å². The van der Waals surface area contributed by atoms with Gasteiger partial charge in [-0.2, -0.15) is 0 Å². The highest BCUT2D eigenvalue weighted by Gasteiger charge is 2.14. The number of carbonyl (C=O) groups is 1. The molecular formula is C17H15NO2. The molecule has 0 aliphatic carbocycles. The van der Waals surface area contributed by atoms with Crippen LogP contribution in [0.4, 0.5) is 0 Å². The molecule has 0 bridgehead atoms. The first-order valence-corrected chi connectivity index (χ1v) is 6.72. The largest absolute Gasteiger partial charge is 0.469 e. The summed E-state index contributed by atoms with van der Waals surface area (Å²) >= 11 is 0. The number of aryl methyl sites for hydroxylation is 1. The summed E-state index contributed by atoms with van der Waals surface area (Å²) in [6, 6.07) is 13.5. The van der Waals surface area contributed by atoms with E-state index in [9.17, 15) is 4.79 Å². The van der Waals surface area contributed by atoms with Gasteiger partial charge in [-0.1, -0.05) is 31.2 Å². The summed E-state index contributed by atoms with van der Waals surface area (Å²) in [5, 5.41) is 1.08. The van der Waals surface area contributed by atoms with Gasteiger partial charge in [-0.15, -0.1) is 0 Å². The van der Waals surface area contributed by atoms with E-state index in [0.717, 1.165) is 28.8 Å². The van der Waals surface area contributed by atoms with Crippen LogP contribution in [-0.2, 0) is 12.8 Å². The molecular weight excluding hydrogens is 250 g/mol. The summed E-state index contributed by atoms with van der Waals surface area (Å²) in [5.41, 5.74) is 2.38. The molecule has 0 unspecified atom stereocenters. The number of hydrogen-bond acceptors (Lipinski definition) is 3. The number of furan rings is 1. The zero-order valence-electron chi connectivity index (χ0n) is 11.3. The Balaban J connectivity index is 1.87. The Morgan fingerprint density at radius 1 is 1.15 bits per heavy atom. The molecule has 0 radical (unpaired) electrons. The van der Waals surface area contributed by atoms with E-state index in [0.29, 0.717) is 12.0 Å². The Hall–Kier alpha value is -2.42. The number of carbonyl (C=O) groups excluding carboxylic acids is 1. The molecule has 3 rings (SSSR count). The minimum Gasteiger partial charge on any atom is -0.469 e. The van der Waals surface area contributed by atoms with Gasteiger partial charge in [-0.05, 0) is 18.2 Å². The average Bonchev–Trinajstić information content (AvgIpc) is 2.95. The molecule has 2 aromatic heterocycles. The lowest BCUT2D eigenvalue weighted by Gasteiger charge is -2.03. The summed E-state index contributed by atoms with van der Waals surface area (Å²) < 4.78 is 5.30. The zero-order valence-corrected chi connectivity index (χ0v) is 11.3. The number of ketones is 1. The predicted octanol–water partition coefficient (Wildman–Crippen LogP) is 3.82. The summed E-state index contributed by atoms with van der Waals surface area (Å²) in [4.78, 5) is 16.8. The van der Waals surface area contributed by atoms with Crippen LogP contribution in [0.2, 0.25) is 0 Å². The summed E-state index contributed by atoms with van der Waals surface area (Å²) in [7, 11) is 0. The molecule has 0 amide bonds. The Labute approximate surface area is 117 Å². The van der Waals surface area contributed by atoms with E-state index in [1.54, 1.807) is 12.3 Å². The van der Waals surface area contributed by atoms with Gasteiger partial charge in [-0.3, -0.25) is 9.78 Å². The first-order valence-electron chi connectivity index (χ1n) is 6.72. The van der Waals surface area contributed by atoms with Crippen molar-refractivity contribution in [1.82, 2.24) is 4.98 Å². The fourth-order valence-corrected chi connectivity index (χ4v) is 2.33. The minimum absolute atomic E-state index is 0.0541. The van der Waals surface area contributed by atoms with E-state index in [2.05, 4.69) is 4.98 Å². The van der Waals surface area contributed by atoms with Crippen LogP contribution in [-0.4, -0.2) is 10.8 Å². The van der Waals surface area contributed by atoms with E-state index >= 15 is 0 Å². The van der Waals surface area contributed by atoms with Gasteiger partial charge >= 0.3 is 0 Å². The van der Waals surface area contributed by atoms with E-state index in [4.69, 9.17) is 4.42 Å². The molecule has 0 saturated carbocycles. The Kier molecular flexibility index (Phi) is 3.33. The van der Waals surface area contributed by atoms with Crippen LogP contribution in [0.5, 0.6) is 0 Å². The molecule has 3 heteroatoms. The van der Waals surface area contributed by atoms with Gasteiger partial charge in [0.15, 0.2) is 5.78 Å². The number of hydrogen-bond donors (Lipinski definition) is 0. The second kappa shape index (κ2) is 5.29. The van der Waals surface area contributed by atoms with E-state index in [-0.39, 0.29) is 5.78 Å². The standard InChI is InChI=1S/C17H15NO2/c1-2-17-14(9-10-20-17)16(19)11-13-8-7-12-5-3-4-6-15(12)18-13/h3-10H,2,11H2,1H3. The Morgan fingerprint density at radius 3 is 2.85 bits per heavy atom. The van der Waals surface area contributed by atoms with Gasteiger partial charge in [0, 0.05) is 17.5 Å². The predicted molar refractivity (Wildman–Crippen MR) is 77.9 cm³/mol. The smallest absolute Gasteiger partial charge is 0.172 e. The highest BCUT2D eigenvalue weighted by molar-refractivity contribution is 5.98. The van der Waals surface area contributed by atoms with Gasteiger partial charge < -0.3 is 4.42 Å². The highest BCUT2D eigenvalue weighted by atomic mass is 16.3. The number of benzene rings is 1. The monoisotopic (exact) mass is 265 g/mol. The molecule has 0 aliphatic rings. The van der Waals surface area contributed by atoms with Crippen LogP contribution in [0, 0.1) is 0 Å². The van der Waals surface area contributed by atoms with Crippen molar-refractivity contribution in [1.29, 1.82) is 0 Å². The summed E-state index contributed by atoms with van der Waals surface area (Å²) in [6.45, 7) is 1.98. The molecule has 0 fully saturated rings. The maximum atomic E-state index is 12.3. The van der Waals surface area contributed by atoms with Crippen molar-refractivity contribution in [2.45, 2.75) is 19.8 Å². The molecule has 3 aromatic rings. The lowest BCUT2D eigenvalue weighted by atomic mass is 10.1. The molecule has 1 aromatic carbocycles. The third-order valence-corrected chi connectivity index (χ3v) is 3.36. The van der Waals surface area contributed by atoms with Gasteiger partial charge in [0.05, 0.1) is 23.8 Å². The first-order chi connectivity index (χ1) is 9.78. The third-order valence-electron chi connectivity index (χ3n) is 3.36. The first kappa shape index (κ1) is 12.6.